The first-order valence-electron chi connectivity index (χ1n) is 5.31. The summed E-state index contributed by atoms with van der Waals surface area (Å²) in [6.45, 7) is 0.964. The summed E-state index contributed by atoms with van der Waals surface area (Å²) < 4.78 is 7.18. The van der Waals surface area contributed by atoms with Crippen LogP contribution in [0.25, 0.3) is 10.2 Å². The SMILES string of the molecule is NC(=O)COCCNc1nc2cc(Br)ccc2s1. The number of benzene rings is 1. The molecule has 96 valence electrons. The van der Waals surface area contributed by atoms with Crippen molar-refractivity contribution in [1.29, 1.82) is 0 Å². The minimum absolute atomic E-state index is 0.0472. The van der Waals surface area contributed by atoms with Crippen LogP contribution in [0.4, 0.5) is 5.13 Å². The van der Waals surface area contributed by atoms with E-state index in [1.165, 1.54) is 0 Å². The highest BCUT2D eigenvalue weighted by Gasteiger charge is 2.03. The summed E-state index contributed by atoms with van der Waals surface area (Å²) in [5.41, 5.74) is 5.91. The molecule has 1 aromatic carbocycles. The number of fused-ring (bicyclic) bond motifs is 1. The van der Waals surface area contributed by atoms with E-state index in [0.29, 0.717) is 13.2 Å². The van der Waals surface area contributed by atoms with Crippen molar-refractivity contribution in [2.24, 2.45) is 5.73 Å². The van der Waals surface area contributed by atoms with Crippen LogP contribution in [0.2, 0.25) is 0 Å². The van der Waals surface area contributed by atoms with Gasteiger partial charge in [0, 0.05) is 11.0 Å². The average molecular weight is 330 g/mol. The highest BCUT2D eigenvalue weighted by Crippen LogP contribution is 2.27. The smallest absolute Gasteiger partial charge is 0.243 e. The number of thiazole rings is 1. The molecule has 18 heavy (non-hydrogen) atoms. The fourth-order valence-corrected chi connectivity index (χ4v) is 2.60. The molecule has 0 bridgehead atoms. The van der Waals surface area contributed by atoms with Crippen molar-refractivity contribution in [3.8, 4) is 0 Å². The molecule has 2 rings (SSSR count). The molecule has 1 amide bonds. The molecule has 0 fully saturated rings. The molecule has 0 spiro atoms. The van der Waals surface area contributed by atoms with E-state index in [0.717, 1.165) is 19.8 Å². The third-order valence-electron chi connectivity index (χ3n) is 2.12. The molecule has 7 heteroatoms. The van der Waals surface area contributed by atoms with Crippen molar-refractivity contribution in [3.63, 3.8) is 0 Å². The summed E-state index contributed by atoms with van der Waals surface area (Å²) in [4.78, 5) is 14.9. The minimum atomic E-state index is -0.458. The molecule has 5 nitrogen and oxygen atoms in total. The Morgan fingerprint density at radius 1 is 1.56 bits per heavy atom. The van der Waals surface area contributed by atoms with Gasteiger partial charge < -0.3 is 15.8 Å². The van der Waals surface area contributed by atoms with Crippen molar-refractivity contribution in [2.45, 2.75) is 0 Å². The molecule has 0 aliphatic carbocycles. The van der Waals surface area contributed by atoms with Crippen LogP contribution in [0.3, 0.4) is 0 Å². The van der Waals surface area contributed by atoms with Gasteiger partial charge in [0.05, 0.1) is 16.8 Å². The van der Waals surface area contributed by atoms with Crippen LogP contribution in [0.5, 0.6) is 0 Å². The summed E-state index contributed by atoms with van der Waals surface area (Å²) in [5.74, 6) is -0.458. The molecule has 2 aromatic rings. The number of aromatic nitrogens is 1. The van der Waals surface area contributed by atoms with Crippen molar-refractivity contribution in [3.05, 3.63) is 22.7 Å². The van der Waals surface area contributed by atoms with Crippen molar-refractivity contribution >= 4 is 48.5 Å². The quantitative estimate of drug-likeness (QED) is 0.794. The number of carbonyl (C=O) groups excluding carboxylic acids is 1. The van der Waals surface area contributed by atoms with Gasteiger partial charge in [-0.2, -0.15) is 0 Å². The van der Waals surface area contributed by atoms with Crippen LogP contribution in [0.1, 0.15) is 0 Å². The Morgan fingerprint density at radius 3 is 3.17 bits per heavy atom. The van der Waals surface area contributed by atoms with Gasteiger partial charge in [0.2, 0.25) is 5.91 Å². The maximum atomic E-state index is 10.4. The molecular weight excluding hydrogens is 318 g/mol. The lowest BCUT2D eigenvalue weighted by Crippen LogP contribution is -2.20. The molecule has 0 unspecified atom stereocenters. The normalized spacial score (nSPS) is 10.7. The molecule has 1 heterocycles. The van der Waals surface area contributed by atoms with E-state index >= 15 is 0 Å². The number of primary amides is 1. The highest BCUT2D eigenvalue weighted by molar-refractivity contribution is 9.10. The second-order valence-corrected chi connectivity index (χ2v) is 5.52. The van der Waals surface area contributed by atoms with Crippen LogP contribution in [-0.2, 0) is 9.53 Å². The van der Waals surface area contributed by atoms with E-state index in [-0.39, 0.29) is 6.61 Å². The molecule has 3 N–H and O–H groups in total. The Balaban J connectivity index is 1.86. The lowest BCUT2D eigenvalue weighted by Gasteiger charge is -2.02. The minimum Gasteiger partial charge on any atom is -0.370 e. The van der Waals surface area contributed by atoms with Gasteiger partial charge in [0.15, 0.2) is 5.13 Å². The third kappa shape index (κ3) is 3.66. The monoisotopic (exact) mass is 329 g/mol. The lowest BCUT2D eigenvalue weighted by molar-refractivity contribution is -0.122. The van der Waals surface area contributed by atoms with Crippen molar-refractivity contribution in [1.82, 2.24) is 4.98 Å². The molecule has 0 aliphatic heterocycles. The molecule has 1 aromatic heterocycles. The summed E-state index contributed by atoms with van der Waals surface area (Å²) >= 11 is 4.99. The zero-order valence-corrected chi connectivity index (χ0v) is 11.9. The first-order chi connectivity index (χ1) is 8.65. The number of nitrogens with two attached hydrogens (primary N) is 1. The highest BCUT2D eigenvalue weighted by atomic mass is 79.9. The maximum Gasteiger partial charge on any atom is 0.243 e. The Morgan fingerprint density at radius 2 is 2.39 bits per heavy atom. The van der Waals surface area contributed by atoms with E-state index in [4.69, 9.17) is 10.5 Å². The fraction of sp³-hybridized carbons (Fsp3) is 0.273. The zero-order chi connectivity index (χ0) is 13.0. The van der Waals surface area contributed by atoms with Crippen molar-refractivity contribution < 1.29 is 9.53 Å². The number of halogens is 1. The number of hydrogen-bond donors (Lipinski definition) is 2. The van der Waals surface area contributed by atoms with Gasteiger partial charge in [-0.25, -0.2) is 4.98 Å². The van der Waals surface area contributed by atoms with Gasteiger partial charge in [-0.05, 0) is 18.2 Å². The van der Waals surface area contributed by atoms with E-state index in [1.54, 1.807) is 11.3 Å². The Bertz CT molecular complexity index is 558. The largest absolute Gasteiger partial charge is 0.370 e. The fourth-order valence-electron chi connectivity index (χ4n) is 1.38. The maximum absolute atomic E-state index is 10.4. The van der Waals surface area contributed by atoms with E-state index in [9.17, 15) is 4.79 Å². The number of rotatable bonds is 6. The number of nitrogens with zero attached hydrogens (tertiary/aromatic N) is 1. The number of amides is 1. The molecular formula is C11H12BrN3O2S. The molecule has 0 saturated heterocycles. The first-order valence-corrected chi connectivity index (χ1v) is 6.92. The zero-order valence-electron chi connectivity index (χ0n) is 9.48. The molecule has 0 aliphatic rings. The van der Waals surface area contributed by atoms with Gasteiger partial charge in [0.25, 0.3) is 0 Å². The van der Waals surface area contributed by atoms with Crippen LogP contribution in [0, 0.1) is 0 Å². The topological polar surface area (TPSA) is 77.2 Å². The summed E-state index contributed by atoms with van der Waals surface area (Å²) in [5, 5.41) is 3.98. The standard InChI is InChI=1S/C11H12BrN3O2S/c12-7-1-2-9-8(5-7)15-11(18-9)14-3-4-17-6-10(13)16/h1-2,5H,3-4,6H2,(H2,13,16)(H,14,15). The number of anilines is 1. The van der Waals surface area contributed by atoms with E-state index < -0.39 is 5.91 Å². The van der Waals surface area contributed by atoms with E-state index in [1.807, 2.05) is 18.2 Å². The van der Waals surface area contributed by atoms with Gasteiger partial charge in [-0.15, -0.1) is 0 Å². The number of nitrogens with one attached hydrogen (secondary N) is 1. The predicted molar refractivity (Wildman–Crippen MR) is 75.8 cm³/mol. The first kappa shape index (κ1) is 13.3. The molecule has 0 radical (unpaired) electrons. The number of carbonyl (C=O) groups is 1. The third-order valence-corrected chi connectivity index (χ3v) is 3.60. The average Bonchev–Trinajstić information content (AvgIpc) is 2.70. The number of ether oxygens (including phenoxy) is 1. The van der Waals surface area contributed by atoms with Crippen LogP contribution in [-0.4, -0.2) is 30.6 Å². The lowest BCUT2D eigenvalue weighted by atomic mass is 10.3. The molecule has 0 saturated carbocycles. The summed E-state index contributed by atoms with van der Waals surface area (Å²) in [6.07, 6.45) is 0. The second-order valence-electron chi connectivity index (χ2n) is 3.58. The summed E-state index contributed by atoms with van der Waals surface area (Å²) in [7, 11) is 0. The van der Waals surface area contributed by atoms with Crippen LogP contribution in [0.15, 0.2) is 22.7 Å². The predicted octanol–water partition coefficient (Wildman–Crippen LogP) is 1.97. The molecule has 0 atom stereocenters. The second kappa shape index (κ2) is 6.12. The van der Waals surface area contributed by atoms with Gasteiger partial charge in [-0.1, -0.05) is 27.3 Å². The summed E-state index contributed by atoms with van der Waals surface area (Å²) in [6, 6.07) is 5.98. The van der Waals surface area contributed by atoms with Crippen LogP contribution >= 0.6 is 27.3 Å². The van der Waals surface area contributed by atoms with Crippen molar-refractivity contribution in [2.75, 3.05) is 25.1 Å². The number of hydrogen-bond acceptors (Lipinski definition) is 5. The Hall–Kier alpha value is -1.18. The van der Waals surface area contributed by atoms with Gasteiger partial charge in [0.1, 0.15) is 6.61 Å². The van der Waals surface area contributed by atoms with E-state index in [2.05, 4.69) is 26.2 Å². The van der Waals surface area contributed by atoms with Gasteiger partial charge >= 0.3 is 0 Å². The Labute approximate surface area is 116 Å². The Kier molecular flexibility index (Phi) is 4.51. The van der Waals surface area contributed by atoms with Gasteiger partial charge in [-0.3, -0.25) is 4.79 Å². The van der Waals surface area contributed by atoms with Crippen LogP contribution < -0.4 is 11.1 Å².